The highest BCUT2D eigenvalue weighted by Crippen LogP contribution is 2.17. The molecule has 0 aliphatic heterocycles. The molecule has 0 atom stereocenters. The van der Waals surface area contributed by atoms with Crippen LogP contribution < -0.4 is 11.1 Å². The molecule has 0 aliphatic carbocycles. The molecule has 0 radical (unpaired) electrons. The molecule has 0 fully saturated rings. The topological polar surface area (TPSA) is 82.1 Å². The highest BCUT2D eigenvalue weighted by Gasteiger charge is 2.01. The van der Waals surface area contributed by atoms with Gasteiger partial charge in [0.15, 0.2) is 0 Å². The number of unbranched alkanes of at least 4 members (excludes halogenated alkanes) is 2. The fourth-order valence-corrected chi connectivity index (χ4v) is 1.45. The van der Waals surface area contributed by atoms with Gasteiger partial charge in [-0.15, -0.1) is 0 Å². The van der Waals surface area contributed by atoms with Gasteiger partial charge in [-0.25, -0.2) is 0 Å². The quantitative estimate of drug-likeness (QED) is 0.502. The summed E-state index contributed by atoms with van der Waals surface area (Å²) < 4.78 is 0. The number of nitrogens with two attached hydrogens (primary N) is 1. The van der Waals surface area contributed by atoms with E-state index < -0.39 is 0 Å². The number of hydrogen-bond acceptors (Lipinski definition) is 4. The smallest absolute Gasteiger partial charge is 0.101 e. The SMILES string of the molecule is N#Cc1cc(N)ccc1NCCCCCO. The molecule has 4 nitrogen and oxygen atoms in total. The maximum atomic E-state index is 8.91. The van der Waals surface area contributed by atoms with Gasteiger partial charge in [-0.3, -0.25) is 0 Å². The van der Waals surface area contributed by atoms with Gasteiger partial charge in [0.25, 0.3) is 0 Å². The number of nitrogens with one attached hydrogen (secondary N) is 1. The molecule has 0 heterocycles. The molecule has 86 valence electrons. The van der Waals surface area contributed by atoms with Gasteiger partial charge in [0.1, 0.15) is 6.07 Å². The number of benzene rings is 1. The largest absolute Gasteiger partial charge is 0.399 e. The minimum Gasteiger partial charge on any atom is -0.399 e. The van der Waals surface area contributed by atoms with Crippen LogP contribution in [0.4, 0.5) is 11.4 Å². The van der Waals surface area contributed by atoms with E-state index in [9.17, 15) is 0 Å². The summed E-state index contributed by atoms with van der Waals surface area (Å²) >= 11 is 0. The lowest BCUT2D eigenvalue weighted by molar-refractivity contribution is 0.283. The van der Waals surface area contributed by atoms with Crippen molar-refractivity contribution in [3.63, 3.8) is 0 Å². The Morgan fingerprint density at radius 2 is 2.12 bits per heavy atom. The molecule has 0 saturated heterocycles. The Hall–Kier alpha value is -1.73. The molecule has 0 amide bonds. The van der Waals surface area contributed by atoms with E-state index in [-0.39, 0.29) is 6.61 Å². The predicted octanol–water partition coefficient (Wildman–Crippen LogP) is 1.71. The highest BCUT2D eigenvalue weighted by molar-refractivity contribution is 5.62. The summed E-state index contributed by atoms with van der Waals surface area (Å²) in [4.78, 5) is 0. The van der Waals surface area contributed by atoms with Crippen molar-refractivity contribution >= 4 is 11.4 Å². The van der Waals surface area contributed by atoms with Crippen molar-refractivity contribution in [2.45, 2.75) is 19.3 Å². The maximum Gasteiger partial charge on any atom is 0.101 e. The minimum absolute atomic E-state index is 0.241. The molecule has 1 aromatic carbocycles. The molecule has 4 heteroatoms. The van der Waals surface area contributed by atoms with Crippen LogP contribution >= 0.6 is 0 Å². The lowest BCUT2D eigenvalue weighted by Crippen LogP contribution is -2.04. The van der Waals surface area contributed by atoms with Crippen LogP contribution in [0.3, 0.4) is 0 Å². The minimum atomic E-state index is 0.241. The summed E-state index contributed by atoms with van der Waals surface area (Å²) in [5.74, 6) is 0. The van der Waals surface area contributed by atoms with Crippen LogP contribution in [-0.4, -0.2) is 18.3 Å². The van der Waals surface area contributed by atoms with Gasteiger partial charge in [0.05, 0.1) is 11.3 Å². The van der Waals surface area contributed by atoms with E-state index >= 15 is 0 Å². The van der Waals surface area contributed by atoms with Crippen molar-refractivity contribution in [2.75, 3.05) is 24.2 Å². The first-order chi connectivity index (χ1) is 7.77. The second-order valence-corrected chi connectivity index (χ2v) is 3.63. The van der Waals surface area contributed by atoms with E-state index in [0.29, 0.717) is 11.3 Å². The zero-order chi connectivity index (χ0) is 11.8. The number of hydrogen-bond donors (Lipinski definition) is 3. The Balaban J connectivity index is 2.45. The van der Waals surface area contributed by atoms with Crippen LogP contribution in [0.5, 0.6) is 0 Å². The Kier molecular flexibility index (Phi) is 5.17. The third-order valence-corrected chi connectivity index (χ3v) is 2.31. The summed E-state index contributed by atoms with van der Waals surface area (Å²) in [7, 11) is 0. The molecule has 0 unspecified atom stereocenters. The molecular weight excluding hydrogens is 202 g/mol. The van der Waals surface area contributed by atoms with Crippen molar-refractivity contribution in [3.8, 4) is 6.07 Å². The summed E-state index contributed by atoms with van der Waals surface area (Å²) in [5, 5.41) is 20.7. The van der Waals surface area contributed by atoms with E-state index in [0.717, 1.165) is 31.5 Å². The fourth-order valence-electron chi connectivity index (χ4n) is 1.45. The Labute approximate surface area is 95.7 Å². The molecule has 4 N–H and O–H groups in total. The summed E-state index contributed by atoms with van der Waals surface area (Å²) in [6, 6.07) is 7.36. The number of nitrogen functional groups attached to an aromatic ring is 1. The average Bonchev–Trinajstić information content (AvgIpc) is 2.30. The molecule has 0 saturated carbocycles. The standard InChI is InChI=1S/C12H17N3O/c13-9-10-8-11(14)4-5-12(10)15-6-2-1-3-7-16/h4-5,8,15-16H,1-3,6-7,14H2. The first-order valence-electron chi connectivity index (χ1n) is 5.42. The molecule has 0 aromatic heterocycles. The lowest BCUT2D eigenvalue weighted by Gasteiger charge is -2.08. The molecule has 16 heavy (non-hydrogen) atoms. The van der Waals surface area contributed by atoms with E-state index in [1.807, 2.05) is 6.07 Å². The highest BCUT2D eigenvalue weighted by atomic mass is 16.2. The molecule has 0 spiro atoms. The normalized spacial score (nSPS) is 9.75. The van der Waals surface area contributed by atoms with E-state index in [1.54, 1.807) is 12.1 Å². The number of nitriles is 1. The molecular formula is C12H17N3O. The van der Waals surface area contributed by atoms with E-state index in [2.05, 4.69) is 11.4 Å². The monoisotopic (exact) mass is 219 g/mol. The van der Waals surface area contributed by atoms with Crippen LogP contribution in [0.25, 0.3) is 0 Å². The van der Waals surface area contributed by atoms with Crippen LogP contribution in [0, 0.1) is 11.3 Å². The number of anilines is 2. The first-order valence-corrected chi connectivity index (χ1v) is 5.42. The maximum absolute atomic E-state index is 8.91. The molecule has 1 aromatic rings. The third-order valence-electron chi connectivity index (χ3n) is 2.31. The van der Waals surface area contributed by atoms with Gasteiger partial charge in [-0.2, -0.15) is 5.26 Å². The number of rotatable bonds is 6. The van der Waals surface area contributed by atoms with Crippen molar-refractivity contribution < 1.29 is 5.11 Å². The van der Waals surface area contributed by atoms with Gasteiger partial charge in [-0.05, 0) is 37.5 Å². The van der Waals surface area contributed by atoms with E-state index in [1.165, 1.54) is 0 Å². The first kappa shape index (κ1) is 12.3. The van der Waals surface area contributed by atoms with Crippen LogP contribution in [0.2, 0.25) is 0 Å². The summed E-state index contributed by atoms with van der Waals surface area (Å²) in [6.07, 6.45) is 2.80. The van der Waals surface area contributed by atoms with Gasteiger partial charge in [0.2, 0.25) is 0 Å². The summed E-state index contributed by atoms with van der Waals surface area (Å²) in [6.45, 7) is 1.05. The number of aliphatic hydroxyl groups is 1. The fraction of sp³-hybridized carbons (Fsp3) is 0.417. The van der Waals surface area contributed by atoms with Gasteiger partial charge < -0.3 is 16.2 Å². The zero-order valence-corrected chi connectivity index (χ0v) is 9.24. The van der Waals surface area contributed by atoms with E-state index in [4.69, 9.17) is 16.1 Å². The number of nitrogens with zero attached hydrogens (tertiary/aromatic N) is 1. The van der Waals surface area contributed by atoms with Gasteiger partial charge in [0, 0.05) is 18.8 Å². The molecule has 0 bridgehead atoms. The molecule has 0 aliphatic rings. The van der Waals surface area contributed by atoms with Crippen LogP contribution in [-0.2, 0) is 0 Å². The van der Waals surface area contributed by atoms with Crippen molar-refractivity contribution in [3.05, 3.63) is 23.8 Å². The Bertz CT molecular complexity index is 371. The van der Waals surface area contributed by atoms with Crippen molar-refractivity contribution in [1.82, 2.24) is 0 Å². The Morgan fingerprint density at radius 1 is 1.31 bits per heavy atom. The van der Waals surface area contributed by atoms with Gasteiger partial charge in [-0.1, -0.05) is 0 Å². The predicted molar refractivity (Wildman–Crippen MR) is 65.0 cm³/mol. The molecule has 1 rings (SSSR count). The van der Waals surface area contributed by atoms with Crippen molar-refractivity contribution in [1.29, 1.82) is 5.26 Å². The third kappa shape index (κ3) is 3.79. The average molecular weight is 219 g/mol. The second kappa shape index (κ2) is 6.70. The second-order valence-electron chi connectivity index (χ2n) is 3.63. The lowest BCUT2D eigenvalue weighted by atomic mass is 10.1. The zero-order valence-electron chi connectivity index (χ0n) is 9.24. The Morgan fingerprint density at radius 3 is 2.81 bits per heavy atom. The summed E-state index contributed by atoms with van der Waals surface area (Å²) in [5.41, 5.74) is 7.58. The van der Waals surface area contributed by atoms with Crippen LogP contribution in [0.15, 0.2) is 18.2 Å². The van der Waals surface area contributed by atoms with Crippen LogP contribution in [0.1, 0.15) is 24.8 Å². The van der Waals surface area contributed by atoms with Gasteiger partial charge >= 0.3 is 0 Å². The number of aliphatic hydroxyl groups excluding tert-OH is 1. The van der Waals surface area contributed by atoms with Crippen molar-refractivity contribution in [2.24, 2.45) is 0 Å².